The molecule has 0 aromatic heterocycles. The van der Waals surface area contributed by atoms with Crippen LogP contribution in [0.15, 0.2) is 23.1 Å². The number of hydrogen-bond acceptors (Lipinski definition) is 2. The van der Waals surface area contributed by atoms with E-state index in [1.54, 1.807) is 7.05 Å². The first kappa shape index (κ1) is 8.49. The van der Waals surface area contributed by atoms with Crippen molar-refractivity contribution in [3.8, 4) is 0 Å². The van der Waals surface area contributed by atoms with Crippen LogP contribution in [0.5, 0.6) is 0 Å². The number of rotatable bonds is 2. The molecule has 0 aliphatic heterocycles. The molecule has 0 fully saturated rings. The lowest BCUT2D eigenvalue weighted by atomic mass is 10.3. The summed E-state index contributed by atoms with van der Waals surface area (Å²) in [5, 5.41) is 0. The maximum atomic E-state index is 12.7. The number of benzene rings is 1. The molecule has 0 radical (unpaired) electrons. The average molecular weight is 175 g/mol. The molecule has 0 amide bonds. The second-order valence-electron chi connectivity index (χ2n) is 1.88. The standard InChI is InChI=1S/C7H7F2NS/c1-10-11-7-3-2-5(8)4-6(7)9/h2-4,10H,1H3. The highest BCUT2D eigenvalue weighted by atomic mass is 32.2. The van der Waals surface area contributed by atoms with Crippen LogP contribution in [0.1, 0.15) is 0 Å². The minimum absolute atomic E-state index is 0.397. The van der Waals surface area contributed by atoms with Gasteiger partial charge >= 0.3 is 0 Å². The van der Waals surface area contributed by atoms with E-state index in [1.165, 1.54) is 12.1 Å². The molecule has 0 aliphatic rings. The largest absolute Gasteiger partial charge is 0.263 e. The monoisotopic (exact) mass is 175 g/mol. The van der Waals surface area contributed by atoms with E-state index in [-0.39, 0.29) is 0 Å². The molecule has 1 rings (SSSR count). The van der Waals surface area contributed by atoms with Gasteiger partial charge < -0.3 is 0 Å². The Kier molecular flexibility index (Phi) is 2.84. The van der Waals surface area contributed by atoms with E-state index in [1.807, 2.05) is 0 Å². The highest BCUT2D eigenvalue weighted by Gasteiger charge is 2.01. The van der Waals surface area contributed by atoms with Gasteiger partial charge in [-0.25, -0.2) is 8.78 Å². The van der Waals surface area contributed by atoms with Crippen LogP contribution in [0.25, 0.3) is 0 Å². The van der Waals surface area contributed by atoms with Crippen molar-refractivity contribution < 1.29 is 8.78 Å². The third kappa shape index (κ3) is 2.17. The van der Waals surface area contributed by atoms with Crippen molar-refractivity contribution in [3.63, 3.8) is 0 Å². The number of nitrogens with one attached hydrogen (secondary N) is 1. The maximum Gasteiger partial charge on any atom is 0.140 e. The minimum atomic E-state index is -0.553. The molecular formula is C7H7F2NS. The molecule has 1 nitrogen and oxygen atoms in total. The molecule has 0 spiro atoms. The fraction of sp³-hybridized carbons (Fsp3) is 0.143. The molecule has 0 bridgehead atoms. The lowest BCUT2D eigenvalue weighted by molar-refractivity contribution is 0.565. The molecule has 0 saturated carbocycles. The van der Waals surface area contributed by atoms with Gasteiger partial charge in [0.25, 0.3) is 0 Å². The minimum Gasteiger partial charge on any atom is -0.263 e. The normalized spacial score (nSPS) is 10.1. The Labute approximate surface area is 67.9 Å². The summed E-state index contributed by atoms with van der Waals surface area (Å²) in [6.45, 7) is 0. The Morgan fingerprint density at radius 2 is 2.09 bits per heavy atom. The summed E-state index contributed by atoms with van der Waals surface area (Å²) < 4.78 is 27.8. The molecule has 11 heavy (non-hydrogen) atoms. The Balaban J connectivity index is 2.90. The van der Waals surface area contributed by atoms with Gasteiger partial charge in [-0.3, -0.25) is 4.72 Å². The lowest BCUT2D eigenvalue weighted by Crippen LogP contribution is -1.93. The summed E-state index contributed by atoms with van der Waals surface area (Å²) in [6.07, 6.45) is 0. The van der Waals surface area contributed by atoms with Gasteiger partial charge in [-0.05, 0) is 31.1 Å². The Bertz CT molecular complexity index is 252. The first-order valence-corrected chi connectivity index (χ1v) is 3.84. The van der Waals surface area contributed by atoms with E-state index in [0.29, 0.717) is 4.90 Å². The molecule has 1 aromatic carbocycles. The zero-order valence-corrected chi connectivity index (χ0v) is 6.71. The van der Waals surface area contributed by atoms with E-state index in [4.69, 9.17) is 0 Å². The molecule has 60 valence electrons. The van der Waals surface area contributed by atoms with Gasteiger partial charge in [0.15, 0.2) is 0 Å². The molecular weight excluding hydrogens is 168 g/mol. The zero-order valence-electron chi connectivity index (χ0n) is 5.90. The van der Waals surface area contributed by atoms with Gasteiger partial charge in [0, 0.05) is 6.07 Å². The van der Waals surface area contributed by atoms with E-state index < -0.39 is 11.6 Å². The van der Waals surface area contributed by atoms with Crippen molar-refractivity contribution in [1.29, 1.82) is 0 Å². The van der Waals surface area contributed by atoms with Gasteiger partial charge in [0.05, 0.1) is 4.90 Å². The van der Waals surface area contributed by atoms with Crippen molar-refractivity contribution in [3.05, 3.63) is 29.8 Å². The highest BCUT2D eigenvalue weighted by molar-refractivity contribution is 7.97. The third-order valence-corrected chi connectivity index (χ3v) is 1.86. The van der Waals surface area contributed by atoms with Crippen molar-refractivity contribution in [2.75, 3.05) is 7.05 Å². The number of halogens is 2. The summed E-state index contributed by atoms with van der Waals surface area (Å²) >= 11 is 1.12. The van der Waals surface area contributed by atoms with Crippen molar-refractivity contribution in [1.82, 2.24) is 4.72 Å². The average Bonchev–Trinajstić information content (AvgIpc) is 1.95. The van der Waals surface area contributed by atoms with Gasteiger partial charge in [0.2, 0.25) is 0 Å². The van der Waals surface area contributed by atoms with Crippen LogP contribution in [0.3, 0.4) is 0 Å². The van der Waals surface area contributed by atoms with E-state index >= 15 is 0 Å². The molecule has 0 saturated heterocycles. The van der Waals surface area contributed by atoms with Crippen LogP contribution >= 0.6 is 11.9 Å². The van der Waals surface area contributed by atoms with E-state index in [0.717, 1.165) is 18.0 Å². The van der Waals surface area contributed by atoms with Crippen LogP contribution in [-0.4, -0.2) is 7.05 Å². The first-order chi connectivity index (χ1) is 5.24. The highest BCUT2D eigenvalue weighted by Crippen LogP contribution is 2.18. The second kappa shape index (κ2) is 3.69. The van der Waals surface area contributed by atoms with Crippen LogP contribution in [0.4, 0.5) is 8.78 Å². The second-order valence-corrected chi connectivity index (χ2v) is 2.93. The summed E-state index contributed by atoms with van der Waals surface area (Å²) in [7, 11) is 1.67. The van der Waals surface area contributed by atoms with Crippen LogP contribution < -0.4 is 4.72 Å². The van der Waals surface area contributed by atoms with Gasteiger partial charge in [0.1, 0.15) is 11.6 Å². The zero-order chi connectivity index (χ0) is 8.27. The lowest BCUT2D eigenvalue weighted by Gasteiger charge is -1.99. The summed E-state index contributed by atoms with van der Waals surface area (Å²) in [5.41, 5.74) is 0. The van der Waals surface area contributed by atoms with Crippen LogP contribution in [-0.2, 0) is 0 Å². The fourth-order valence-electron chi connectivity index (χ4n) is 0.668. The molecule has 1 aromatic rings. The number of hydrogen-bond donors (Lipinski definition) is 1. The Morgan fingerprint density at radius 3 is 2.64 bits per heavy atom. The Hall–Kier alpha value is -0.610. The van der Waals surface area contributed by atoms with Gasteiger partial charge in [-0.2, -0.15) is 0 Å². The van der Waals surface area contributed by atoms with Crippen LogP contribution in [0.2, 0.25) is 0 Å². The quantitative estimate of drug-likeness (QED) is 0.691. The molecule has 1 N–H and O–H groups in total. The summed E-state index contributed by atoms with van der Waals surface area (Å²) in [6, 6.07) is 3.48. The SMILES string of the molecule is CNSc1ccc(F)cc1F. The Morgan fingerprint density at radius 1 is 1.36 bits per heavy atom. The predicted molar refractivity (Wildman–Crippen MR) is 41.3 cm³/mol. The molecule has 4 heteroatoms. The van der Waals surface area contributed by atoms with Crippen molar-refractivity contribution in [2.24, 2.45) is 0 Å². The maximum absolute atomic E-state index is 12.7. The van der Waals surface area contributed by atoms with Crippen molar-refractivity contribution in [2.45, 2.75) is 4.90 Å². The third-order valence-electron chi connectivity index (χ3n) is 1.11. The molecule has 0 heterocycles. The molecule has 0 aliphatic carbocycles. The fourth-order valence-corrected chi connectivity index (χ4v) is 1.18. The van der Waals surface area contributed by atoms with Crippen molar-refractivity contribution >= 4 is 11.9 Å². The summed E-state index contributed by atoms with van der Waals surface area (Å²) in [4.78, 5) is 0.397. The van der Waals surface area contributed by atoms with E-state index in [9.17, 15) is 8.78 Å². The topological polar surface area (TPSA) is 12.0 Å². The van der Waals surface area contributed by atoms with Gasteiger partial charge in [-0.1, -0.05) is 0 Å². The predicted octanol–water partition coefficient (Wildman–Crippen LogP) is 2.19. The smallest absolute Gasteiger partial charge is 0.140 e. The van der Waals surface area contributed by atoms with Crippen LogP contribution in [0, 0.1) is 11.6 Å². The summed E-state index contributed by atoms with van der Waals surface area (Å²) in [5.74, 6) is -1.09. The molecule has 0 atom stereocenters. The molecule has 0 unspecified atom stereocenters. The first-order valence-electron chi connectivity index (χ1n) is 3.02. The van der Waals surface area contributed by atoms with E-state index in [2.05, 4.69) is 4.72 Å². The van der Waals surface area contributed by atoms with Gasteiger partial charge in [-0.15, -0.1) is 0 Å².